The van der Waals surface area contributed by atoms with Crippen molar-refractivity contribution in [2.75, 3.05) is 5.32 Å². The van der Waals surface area contributed by atoms with E-state index in [4.69, 9.17) is 23.2 Å². The van der Waals surface area contributed by atoms with E-state index in [2.05, 4.69) is 15.4 Å². The summed E-state index contributed by atoms with van der Waals surface area (Å²) in [6.07, 6.45) is -3.02. The molecule has 1 aliphatic carbocycles. The molecule has 0 bridgehead atoms. The number of aromatic nitrogens is 3. The lowest BCUT2D eigenvalue weighted by atomic mass is 10.2. The van der Waals surface area contributed by atoms with Crippen molar-refractivity contribution in [2.45, 2.75) is 24.9 Å². The third kappa shape index (κ3) is 3.59. The Hall–Kier alpha value is -2.32. The van der Waals surface area contributed by atoms with Gasteiger partial charge >= 0.3 is 6.18 Å². The lowest BCUT2D eigenvalue weighted by Gasteiger charge is -2.10. The maximum absolute atomic E-state index is 13.4. The van der Waals surface area contributed by atoms with Gasteiger partial charge in [0.2, 0.25) is 0 Å². The van der Waals surface area contributed by atoms with Gasteiger partial charge in [-0.15, -0.1) is 0 Å². The number of nitrogens with one attached hydrogen (secondary N) is 1. The fourth-order valence-corrected chi connectivity index (χ4v) is 3.13. The Morgan fingerprint density at radius 3 is 2.56 bits per heavy atom. The van der Waals surface area contributed by atoms with E-state index in [1.807, 2.05) is 0 Å². The average Bonchev–Trinajstić information content (AvgIpc) is 3.34. The summed E-state index contributed by atoms with van der Waals surface area (Å²) in [7, 11) is 0. The third-order valence-electron chi connectivity index (χ3n) is 4.15. The summed E-state index contributed by atoms with van der Waals surface area (Å²) in [6, 6.07) is 6.67. The van der Waals surface area contributed by atoms with E-state index in [-0.39, 0.29) is 28.0 Å². The highest BCUT2D eigenvalue weighted by atomic mass is 35.5. The molecule has 0 spiro atoms. The van der Waals surface area contributed by atoms with Crippen LogP contribution in [0.3, 0.4) is 0 Å². The SMILES string of the molecule is O=C(Nc1ccc(Cl)cc1Cl)c1cc2nc(C3CC3)cc(C(F)(F)F)n2n1. The normalized spacial score (nSPS) is 14.6. The molecule has 140 valence electrons. The Morgan fingerprint density at radius 2 is 1.93 bits per heavy atom. The van der Waals surface area contributed by atoms with E-state index in [0.717, 1.165) is 18.9 Å². The minimum atomic E-state index is -4.62. The van der Waals surface area contributed by atoms with Crippen LogP contribution in [0.5, 0.6) is 0 Å². The van der Waals surface area contributed by atoms with Gasteiger partial charge in [0, 0.05) is 22.7 Å². The first-order valence-electron chi connectivity index (χ1n) is 7.96. The van der Waals surface area contributed by atoms with Crippen molar-refractivity contribution in [3.05, 3.63) is 57.5 Å². The lowest BCUT2D eigenvalue weighted by molar-refractivity contribution is -0.142. The number of hydrogen-bond donors (Lipinski definition) is 1. The maximum atomic E-state index is 13.4. The Kier molecular flexibility index (Phi) is 4.27. The zero-order valence-electron chi connectivity index (χ0n) is 13.5. The van der Waals surface area contributed by atoms with E-state index in [9.17, 15) is 18.0 Å². The maximum Gasteiger partial charge on any atom is 0.433 e. The second-order valence-electron chi connectivity index (χ2n) is 6.22. The molecule has 4 rings (SSSR count). The van der Waals surface area contributed by atoms with Crippen LogP contribution in [0.2, 0.25) is 10.0 Å². The number of hydrogen-bond acceptors (Lipinski definition) is 3. The van der Waals surface area contributed by atoms with Crippen LogP contribution in [-0.4, -0.2) is 20.5 Å². The molecule has 2 heterocycles. The first-order chi connectivity index (χ1) is 12.7. The predicted molar refractivity (Wildman–Crippen MR) is 94.4 cm³/mol. The number of amides is 1. The molecule has 1 aromatic carbocycles. The largest absolute Gasteiger partial charge is 0.433 e. The monoisotopic (exact) mass is 414 g/mol. The highest BCUT2D eigenvalue weighted by molar-refractivity contribution is 6.36. The van der Waals surface area contributed by atoms with Gasteiger partial charge in [-0.3, -0.25) is 4.79 Å². The van der Waals surface area contributed by atoms with Gasteiger partial charge in [0.15, 0.2) is 11.3 Å². The van der Waals surface area contributed by atoms with E-state index in [0.29, 0.717) is 15.2 Å². The topological polar surface area (TPSA) is 59.3 Å². The molecule has 0 unspecified atom stereocenters. The van der Waals surface area contributed by atoms with Crippen molar-refractivity contribution in [3.63, 3.8) is 0 Å². The lowest BCUT2D eigenvalue weighted by Crippen LogP contribution is -2.16. The molecule has 1 fully saturated rings. The number of fused-ring (bicyclic) bond motifs is 1. The fourth-order valence-electron chi connectivity index (χ4n) is 2.67. The minimum absolute atomic E-state index is 0.0242. The van der Waals surface area contributed by atoms with Crippen molar-refractivity contribution < 1.29 is 18.0 Å². The van der Waals surface area contributed by atoms with Crippen LogP contribution in [0.1, 0.15) is 40.6 Å². The first-order valence-corrected chi connectivity index (χ1v) is 8.72. The van der Waals surface area contributed by atoms with Crippen molar-refractivity contribution >= 4 is 40.4 Å². The number of carbonyl (C=O) groups is 1. The quantitative estimate of drug-likeness (QED) is 0.641. The molecule has 10 heteroatoms. The predicted octanol–water partition coefficient (Wildman–Crippen LogP) is 5.18. The van der Waals surface area contributed by atoms with Gasteiger partial charge in [-0.05, 0) is 37.1 Å². The molecule has 2 aromatic heterocycles. The summed E-state index contributed by atoms with van der Waals surface area (Å²) in [5.41, 5.74) is -0.558. The molecule has 0 aliphatic heterocycles. The first kappa shape index (κ1) is 18.1. The summed E-state index contributed by atoms with van der Waals surface area (Å²) in [4.78, 5) is 16.7. The number of anilines is 1. The Balaban J connectivity index is 1.73. The van der Waals surface area contributed by atoms with Gasteiger partial charge in [0.1, 0.15) is 5.69 Å². The zero-order valence-corrected chi connectivity index (χ0v) is 15.0. The Bertz CT molecular complexity index is 1060. The van der Waals surface area contributed by atoms with Gasteiger partial charge in [0.25, 0.3) is 5.91 Å². The number of nitrogens with zero attached hydrogens (tertiary/aromatic N) is 3. The number of carbonyl (C=O) groups excluding carboxylic acids is 1. The van der Waals surface area contributed by atoms with E-state index in [1.165, 1.54) is 24.3 Å². The van der Waals surface area contributed by atoms with Gasteiger partial charge in [0.05, 0.1) is 10.7 Å². The van der Waals surface area contributed by atoms with Gasteiger partial charge in [-0.2, -0.15) is 18.3 Å². The summed E-state index contributed by atoms with van der Waals surface area (Å²) >= 11 is 11.8. The van der Waals surface area contributed by atoms with E-state index < -0.39 is 17.8 Å². The van der Waals surface area contributed by atoms with Crippen LogP contribution in [0, 0.1) is 0 Å². The second kappa shape index (κ2) is 6.38. The van der Waals surface area contributed by atoms with Crippen LogP contribution >= 0.6 is 23.2 Å². The molecular weight excluding hydrogens is 404 g/mol. The Morgan fingerprint density at radius 1 is 1.19 bits per heavy atom. The number of alkyl halides is 3. The second-order valence-corrected chi connectivity index (χ2v) is 7.06. The molecule has 0 saturated heterocycles. The molecule has 5 nitrogen and oxygen atoms in total. The van der Waals surface area contributed by atoms with Crippen molar-refractivity contribution in [1.29, 1.82) is 0 Å². The van der Waals surface area contributed by atoms with Crippen molar-refractivity contribution in [2.24, 2.45) is 0 Å². The molecule has 0 radical (unpaired) electrons. The minimum Gasteiger partial charge on any atom is -0.319 e. The molecule has 1 amide bonds. The molecule has 0 atom stereocenters. The average molecular weight is 415 g/mol. The summed E-state index contributed by atoms with van der Waals surface area (Å²) in [5.74, 6) is -0.679. The Labute approximate surface area is 161 Å². The van der Waals surface area contributed by atoms with Crippen LogP contribution in [0.4, 0.5) is 18.9 Å². The summed E-state index contributed by atoms with van der Waals surface area (Å²) in [5, 5.41) is 6.89. The highest BCUT2D eigenvalue weighted by Crippen LogP contribution is 2.41. The number of rotatable bonds is 3. The molecular formula is C17H11Cl2F3N4O. The molecule has 1 N–H and O–H groups in total. The number of benzene rings is 1. The third-order valence-corrected chi connectivity index (χ3v) is 4.69. The van der Waals surface area contributed by atoms with Gasteiger partial charge in [-0.1, -0.05) is 23.2 Å². The summed E-state index contributed by atoms with van der Waals surface area (Å²) in [6.45, 7) is 0. The fraction of sp³-hybridized carbons (Fsp3) is 0.235. The van der Waals surface area contributed by atoms with Crippen molar-refractivity contribution in [1.82, 2.24) is 14.6 Å². The van der Waals surface area contributed by atoms with Crippen LogP contribution < -0.4 is 5.32 Å². The highest BCUT2D eigenvalue weighted by Gasteiger charge is 2.37. The van der Waals surface area contributed by atoms with E-state index >= 15 is 0 Å². The molecule has 1 saturated carbocycles. The smallest absolute Gasteiger partial charge is 0.319 e. The molecule has 1 aliphatic rings. The van der Waals surface area contributed by atoms with Gasteiger partial charge < -0.3 is 5.32 Å². The van der Waals surface area contributed by atoms with Crippen molar-refractivity contribution in [3.8, 4) is 0 Å². The van der Waals surface area contributed by atoms with E-state index in [1.54, 1.807) is 0 Å². The van der Waals surface area contributed by atoms with Crippen LogP contribution in [0.15, 0.2) is 30.3 Å². The summed E-state index contributed by atoms with van der Waals surface area (Å²) < 4.78 is 40.9. The zero-order chi connectivity index (χ0) is 19.3. The number of halogens is 5. The molecule has 27 heavy (non-hydrogen) atoms. The standard InChI is InChI=1S/C17H11Cl2F3N4O/c18-9-3-4-11(10(19)5-9)24-16(27)13-7-15-23-12(8-1-2-8)6-14(17(20,21)22)26(15)25-13/h3-8H,1-2H2,(H,24,27). The van der Waals surface area contributed by atoms with Crippen LogP contribution in [-0.2, 0) is 6.18 Å². The van der Waals surface area contributed by atoms with Gasteiger partial charge in [-0.25, -0.2) is 9.50 Å². The van der Waals surface area contributed by atoms with Crippen LogP contribution in [0.25, 0.3) is 5.65 Å². The molecule has 3 aromatic rings.